The predicted octanol–water partition coefficient (Wildman–Crippen LogP) is 4.64. The minimum atomic E-state index is -3.13. The summed E-state index contributed by atoms with van der Waals surface area (Å²) in [5, 5.41) is 3.85. The lowest BCUT2D eigenvalue weighted by atomic mass is 9.52. The van der Waals surface area contributed by atoms with Gasteiger partial charge in [0, 0.05) is 18.0 Å². The van der Waals surface area contributed by atoms with Gasteiger partial charge >= 0.3 is 0 Å². The van der Waals surface area contributed by atoms with Crippen LogP contribution in [0, 0.1) is 40.9 Å². The van der Waals surface area contributed by atoms with E-state index in [1.807, 2.05) is 0 Å². The van der Waals surface area contributed by atoms with Crippen LogP contribution in [-0.4, -0.2) is 45.0 Å². The smallest absolute Gasteiger partial charge is 0.208 e. The second kappa shape index (κ2) is 8.03. The molecule has 11 atom stereocenters. The molecular weight excluding hydrogens is 444 g/mol. The summed E-state index contributed by atoms with van der Waals surface area (Å²) in [4.78, 5) is 0. The van der Waals surface area contributed by atoms with Gasteiger partial charge in [-0.25, -0.2) is 13.1 Å². The number of allylic oxidation sites excluding steroid dienone is 1. The first kappa shape index (κ1) is 23.9. The van der Waals surface area contributed by atoms with Crippen molar-refractivity contribution < 1.29 is 13.2 Å². The number of hydrogen-bond donors (Lipinski definition) is 2. The lowest BCUT2D eigenvalue weighted by Crippen LogP contribution is -2.50. The predicted molar refractivity (Wildman–Crippen MR) is 136 cm³/mol. The Labute approximate surface area is 207 Å². The highest BCUT2D eigenvalue weighted by Crippen LogP contribution is 2.66. The van der Waals surface area contributed by atoms with Crippen LogP contribution in [0.2, 0.25) is 0 Å². The second-order valence-corrected chi connectivity index (χ2v) is 15.3. The number of nitrogens with one attached hydrogen (secondary N) is 2. The fraction of sp³-hybridized carbons (Fsp3) is 0.929. The van der Waals surface area contributed by atoms with Crippen LogP contribution in [0.3, 0.4) is 0 Å². The summed E-state index contributed by atoms with van der Waals surface area (Å²) in [5.74, 6) is 4.22. The van der Waals surface area contributed by atoms with Crippen molar-refractivity contribution in [2.75, 3.05) is 12.8 Å². The van der Waals surface area contributed by atoms with Crippen molar-refractivity contribution >= 4 is 10.0 Å². The van der Waals surface area contributed by atoms with Crippen LogP contribution < -0.4 is 10.0 Å². The number of piperidine rings is 1. The molecule has 1 spiro atoms. The van der Waals surface area contributed by atoms with Gasteiger partial charge in [0.05, 0.1) is 18.0 Å². The van der Waals surface area contributed by atoms with Crippen molar-refractivity contribution in [2.24, 2.45) is 40.9 Å². The number of sulfonamides is 1. The van der Waals surface area contributed by atoms with Crippen LogP contribution in [0.15, 0.2) is 11.1 Å². The van der Waals surface area contributed by atoms with E-state index in [0.717, 1.165) is 43.6 Å². The zero-order chi connectivity index (χ0) is 24.0. The van der Waals surface area contributed by atoms with Crippen LogP contribution >= 0.6 is 0 Å². The quantitative estimate of drug-likeness (QED) is 0.554. The summed E-state index contributed by atoms with van der Waals surface area (Å²) in [7, 11) is -3.13. The molecule has 5 nitrogen and oxygen atoms in total. The first-order valence-electron chi connectivity index (χ1n) is 14.1. The topological polar surface area (TPSA) is 67.4 Å². The molecule has 2 N–H and O–H groups in total. The molecule has 6 aliphatic rings. The molecule has 34 heavy (non-hydrogen) atoms. The summed E-state index contributed by atoms with van der Waals surface area (Å²) in [5.41, 5.74) is 3.66. The second-order valence-electron chi connectivity index (χ2n) is 13.5. The molecule has 3 saturated carbocycles. The van der Waals surface area contributed by atoms with Gasteiger partial charge in [0.1, 0.15) is 0 Å². The Morgan fingerprint density at radius 1 is 1.09 bits per heavy atom. The van der Waals surface area contributed by atoms with Gasteiger partial charge in [0.15, 0.2) is 0 Å². The van der Waals surface area contributed by atoms with Crippen molar-refractivity contribution in [1.29, 1.82) is 0 Å². The molecule has 0 bridgehead atoms. The van der Waals surface area contributed by atoms with Gasteiger partial charge in [-0.15, -0.1) is 0 Å². The highest BCUT2D eigenvalue weighted by molar-refractivity contribution is 7.88. The van der Waals surface area contributed by atoms with Gasteiger partial charge in [-0.05, 0) is 112 Å². The van der Waals surface area contributed by atoms with Crippen molar-refractivity contribution in [1.82, 2.24) is 10.0 Å². The average Bonchev–Trinajstić information content (AvgIpc) is 3.27. The number of rotatable bonds is 2. The van der Waals surface area contributed by atoms with E-state index in [9.17, 15) is 8.42 Å². The van der Waals surface area contributed by atoms with E-state index >= 15 is 0 Å². The van der Waals surface area contributed by atoms with Crippen molar-refractivity contribution in [2.45, 2.75) is 109 Å². The lowest BCUT2D eigenvalue weighted by molar-refractivity contribution is -0.0596. The maximum absolute atomic E-state index is 11.9. The van der Waals surface area contributed by atoms with Crippen molar-refractivity contribution in [3.8, 4) is 0 Å². The SMILES string of the molecule is CC1=C2C[C@H]3C(CC[C@@H]4C[C@H](NS(C)(=O)=O)CC[C@@]43C)[C@@H]2CC[C@]12O[C@@H]1C[C@H](C)CN[C@H]1[C@H]2C. The highest BCUT2D eigenvalue weighted by Gasteiger charge is 2.61. The number of hydrogen-bond acceptors (Lipinski definition) is 4. The summed E-state index contributed by atoms with van der Waals surface area (Å²) in [6.07, 6.45) is 12.4. The van der Waals surface area contributed by atoms with Crippen molar-refractivity contribution in [3.05, 3.63) is 11.1 Å². The maximum Gasteiger partial charge on any atom is 0.208 e. The molecule has 0 aromatic carbocycles. The van der Waals surface area contributed by atoms with Crippen LogP contribution in [-0.2, 0) is 14.8 Å². The minimum absolute atomic E-state index is 0.0525. The van der Waals surface area contributed by atoms with Gasteiger partial charge in [0.25, 0.3) is 0 Å². The normalized spacial score (nSPS) is 52.8. The molecule has 0 aromatic heterocycles. The Morgan fingerprint density at radius 3 is 2.65 bits per heavy atom. The molecule has 0 aromatic rings. The Hall–Kier alpha value is -0.430. The molecule has 0 amide bonds. The molecule has 2 aliphatic heterocycles. The zero-order valence-electron chi connectivity index (χ0n) is 21.9. The van der Waals surface area contributed by atoms with Crippen molar-refractivity contribution in [3.63, 3.8) is 0 Å². The Morgan fingerprint density at radius 2 is 1.88 bits per heavy atom. The maximum atomic E-state index is 11.9. The molecule has 0 radical (unpaired) electrons. The van der Waals surface area contributed by atoms with Gasteiger partial charge in [-0.1, -0.05) is 26.3 Å². The standard InChI is InChI=1S/C28H46N2O3S/c1-16-12-25-26(29-15-16)18(3)28(33-25)11-9-21-22-7-6-19-13-20(30-34(5,31)32)8-10-27(19,4)24(22)14-23(21)17(28)2/h16,18-22,24-26,29-30H,6-15H2,1-5H3/t16-,18+,19+,20+,21-,22?,24-,25+,26-,27-,28-/m0/s1. The molecule has 2 saturated heterocycles. The average molecular weight is 491 g/mol. The van der Waals surface area contributed by atoms with Crippen LogP contribution in [0.5, 0.6) is 0 Å². The molecule has 5 fully saturated rings. The van der Waals surface area contributed by atoms with E-state index in [1.54, 1.807) is 11.1 Å². The Balaban J connectivity index is 1.26. The van der Waals surface area contributed by atoms with E-state index in [-0.39, 0.29) is 11.6 Å². The van der Waals surface area contributed by atoms with Crippen LogP contribution in [0.1, 0.15) is 85.5 Å². The number of ether oxygens (including phenoxy) is 1. The third-order valence-corrected chi connectivity index (χ3v) is 12.6. The fourth-order valence-electron chi connectivity index (χ4n) is 10.1. The van der Waals surface area contributed by atoms with E-state index in [1.165, 1.54) is 44.8 Å². The lowest BCUT2D eigenvalue weighted by Gasteiger charge is -2.54. The Bertz CT molecular complexity index is 978. The summed E-state index contributed by atoms with van der Waals surface area (Å²) < 4.78 is 33.7. The van der Waals surface area contributed by atoms with E-state index in [2.05, 4.69) is 37.7 Å². The van der Waals surface area contributed by atoms with Crippen LogP contribution in [0.4, 0.5) is 0 Å². The van der Waals surface area contributed by atoms with Gasteiger partial charge in [-0.3, -0.25) is 0 Å². The zero-order valence-corrected chi connectivity index (χ0v) is 22.7. The number of fused-ring (bicyclic) bond motifs is 6. The fourth-order valence-corrected chi connectivity index (χ4v) is 10.9. The molecule has 192 valence electrons. The first-order chi connectivity index (χ1) is 16.0. The van der Waals surface area contributed by atoms with E-state index in [4.69, 9.17) is 4.74 Å². The van der Waals surface area contributed by atoms with Gasteiger partial charge in [0.2, 0.25) is 10.0 Å². The third kappa shape index (κ3) is 3.52. The third-order valence-electron chi connectivity index (χ3n) is 11.8. The summed E-state index contributed by atoms with van der Waals surface area (Å²) in [6.45, 7) is 10.9. The molecule has 2 heterocycles. The minimum Gasteiger partial charge on any atom is -0.365 e. The highest BCUT2D eigenvalue weighted by atomic mass is 32.2. The molecule has 6 rings (SSSR count). The molecular formula is C28H46N2O3S. The molecule has 1 unspecified atom stereocenters. The molecule has 4 aliphatic carbocycles. The van der Waals surface area contributed by atoms with Gasteiger partial charge < -0.3 is 10.1 Å². The van der Waals surface area contributed by atoms with Gasteiger partial charge in [-0.2, -0.15) is 0 Å². The summed E-state index contributed by atoms with van der Waals surface area (Å²) in [6, 6.07) is 0.634. The van der Waals surface area contributed by atoms with E-state index < -0.39 is 10.0 Å². The Kier molecular flexibility index (Phi) is 5.66. The first-order valence-corrected chi connectivity index (χ1v) is 16.0. The largest absolute Gasteiger partial charge is 0.365 e. The van der Waals surface area contributed by atoms with E-state index in [0.29, 0.717) is 35.3 Å². The monoisotopic (exact) mass is 490 g/mol. The molecule has 6 heteroatoms. The van der Waals surface area contributed by atoms with Crippen LogP contribution in [0.25, 0.3) is 0 Å². The summed E-state index contributed by atoms with van der Waals surface area (Å²) >= 11 is 0.